The fourth-order valence-electron chi connectivity index (χ4n) is 3.33. The van der Waals surface area contributed by atoms with Gasteiger partial charge >= 0.3 is 6.01 Å². The van der Waals surface area contributed by atoms with Crippen LogP contribution in [0.5, 0.6) is 11.9 Å². The number of rotatable bonds is 6. The number of hydrogen-bond acceptors (Lipinski definition) is 8. The summed E-state index contributed by atoms with van der Waals surface area (Å²) >= 11 is 0. The number of carbonyl (C=O) groups excluding carboxylic acids is 1. The minimum Gasteiger partial charge on any atom is -0.404 e. The average molecular weight is 434 g/mol. The van der Waals surface area contributed by atoms with Gasteiger partial charge in [0.05, 0.1) is 0 Å². The molecule has 1 saturated heterocycles. The van der Waals surface area contributed by atoms with Gasteiger partial charge in [0.2, 0.25) is 11.8 Å². The van der Waals surface area contributed by atoms with Crippen LogP contribution in [-0.4, -0.2) is 64.0 Å². The molecule has 0 unspecified atom stereocenters. The first kappa shape index (κ1) is 21.6. The van der Waals surface area contributed by atoms with Gasteiger partial charge in [-0.25, -0.2) is 4.98 Å². The Morgan fingerprint density at radius 2 is 1.75 bits per heavy atom. The van der Waals surface area contributed by atoms with E-state index in [0.29, 0.717) is 29.4 Å². The topological polar surface area (TPSA) is 96.4 Å². The largest absolute Gasteiger partial charge is 0.404 e. The van der Waals surface area contributed by atoms with Crippen molar-refractivity contribution in [2.45, 2.75) is 20.3 Å². The quantitative estimate of drug-likeness (QED) is 0.634. The van der Waals surface area contributed by atoms with E-state index in [2.05, 4.69) is 42.1 Å². The maximum Gasteiger partial charge on any atom is 0.328 e. The van der Waals surface area contributed by atoms with E-state index < -0.39 is 0 Å². The number of aromatic nitrogens is 4. The third-order valence-corrected chi connectivity index (χ3v) is 5.22. The van der Waals surface area contributed by atoms with E-state index in [1.54, 1.807) is 12.1 Å². The average Bonchev–Trinajstić information content (AvgIpc) is 2.80. The second-order valence-electron chi connectivity index (χ2n) is 7.71. The molecule has 1 aliphatic rings. The Bertz CT molecular complexity index is 1080. The summed E-state index contributed by atoms with van der Waals surface area (Å²) in [7, 11) is 2.10. The number of nitrogens with one attached hydrogen (secondary N) is 1. The fraction of sp³-hybridized carbons (Fsp3) is 0.348. The standard InChI is InChI=1S/C23H27N7O2/c1-4-19-26-22(30-14-12-29(3)13-15-30)28-23(27-19)32-21-18(11-10-16(2)24-21)20(31)25-17-8-6-5-7-9-17/h5-11H,4,12-15H2,1-3H3,(H,25,31). The number of carbonyl (C=O) groups is 1. The van der Waals surface area contributed by atoms with Gasteiger partial charge < -0.3 is 19.9 Å². The van der Waals surface area contributed by atoms with E-state index in [4.69, 9.17) is 4.74 Å². The number of benzene rings is 1. The molecule has 1 N–H and O–H groups in total. The highest BCUT2D eigenvalue weighted by Crippen LogP contribution is 2.24. The lowest BCUT2D eigenvalue weighted by Crippen LogP contribution is -2.45. The summed E-state index contributed by atoms with van der Waals surface area (Å²) in [5.74, 6) is 1.06. The first-order chi connectivity index (χ1) is 15.5. The lowest BCUT2D eigenvalue weighted by atomic mass is 10.2. The van der Waals surface area contributed by atoms with Crippen LogP contribution >= 0.6 is 0 Å². The number of pyridine rings is 1. The minimum atomic E-state index is -0.317. The van der Waals surface area contributed by atoms with Crippen LogP contribution in [0, 0.1) is 6.92 Å². The lowest BCUT2D eigenvalue weighted by molar-refractivity contribution is 0.102. The van der Waals surface area contributed by atoms with E-state index in [9.17, 15) is 4.79 Å². The molecule has 32 heavy (non-hydrogen) atoms. The number of likely N-dealkylation sites (N-methyl/N-ethyl adjacent to an activating group) is 1. The maximum absolute atomic E-state index is 12.9. The van der Waals surface area contributed by atoms with Crippen LogP contribution in [-0.2, 0) is 6.42 Å². The highest BCUT2D eigenvalue weighted by Gasteiger charge is 2.21. The summed E-state index contributed by atoms with van der Waals surface area (Å²) in [6.07, 6.45) is 0.641. The smallest absolute Gasteiger partial charge is 0.328 e. The molecule has 2 aromatic heterocycles. The molecule has 0 aliphatic carbocycles. The number of piperazine rings is 1. The Balaban J connectivity index is 1.61. The van der Waals surface area contributed by atoms with Crippen molar-refractivity contribution in [2.24, 2.45) is 0 Å². The van der Waals surface area contributed by atoms with Gasteiger partial charge in [0.1, 0.15) is 11.4 Å². The molecule has 3 aromatic rings. The van der Waals surface area contributed by atoms with Gasteiger partial charge in [-0.3, -0.25) is 4.79 Å². The monoisotopic (exact) mass is 433 g/mol. The highest BCUT2D eigenvalue weighted by atomic mass is 16.5. The fourth-order valence-corrected chi connectivity index (χ4v) is 3.33. The Morgan fingerprint density at radius 1 is 1.00 bits per heavy atom. The van der Waals surface area contributed by atoms with Gasteiger partial charge in [-0.05, 0) is 38.2 Å². The molecule has 9 heteroatoms. The number of hydrogen-bond donors (Lipinski definition) is 1. The molecular weight excluding hydrogens is 406 g/mol. The molecule has 1 aromatic carbocycles. The third kappa shape index (κ3) is 5.17. The molecule has 9 nitrogen and oxygen atoms in total. The zero-order chi connectivity index (χ0) is 22.5. The summed E-state index contributed by atoms with van der Waals surface area (Å²) in [5.41, 5.74) is 1.72. The van der Waals surface area contributed by atoms with Crippen LogP contribution < -0.4 is 15.0 Å². The summed E-state index contributed by atoms with van der Waals surface area (Å²) in [6.45, 7) is 7.36. The molecule has 0 spiro atoms. The number of anilines is 2. The summed E-state index contributed by atoms with van der Waals surface area (Å²) < 4.78 is 5.97. The van der Waals surface area contributed by atoms with E-state index in [0.717, 1.165) is 31.9 Å². The first-order valence-electron chi connectivity index (χ1n) is 10.7. The molecule has 4 rings (SSSR count). The minimum absolute atomic E-state index is 0.137. The van der Waals surface area contributed by atoms with Crippen LogP contribution in [0.25, 0.3) is 0 Å². The van der Waals surface area contributed by atoms with E-state index in [1.807, 2.05) is 44.2 Å². The van der Waals surface area contributed by atoms with Gasteiger partial charge in [0, 0.05) is 44.0 Å². The van der Waals surface area contributed by atoms with E-state index in [1.165, 1.54) is 0 Å². The molecule has 1 aliphatic heterocycles. The Kier molecular flexibility index (Phi) is 6.55. The molecule has 0 saturated carbocycles. The van der Waals surface area contributed by atoms with Crippen molar-refractivity contribution >= 4 is 17.5 Å². The molecule has 1 fully saturated rings. The van der Waals surface area contributed by atoms with E-state index in [-0.39, 0.29) is 17.8 Å². The Hall–Kier alpha value is -3.59. The summed E-state index contributed by atoms with van der Waals surface area (Å²) in [5, 5.41) is 2.87. The van der Waals surface area contributed by atoms with E-state index >= 15 is 0 Å². The SMILES string of the molecule is CCc1nc(Oc2nc(C)ccc2C(=O)Nc2ccccc2)nc(N2CCN(C)CC2)n1. The maximum atomic E-state index is 12.9. The van der Waals surface area contributed by atoms with Crippen molar-refractivity contribution in [3.63, 3.8) is 0 Å². The van der Waals surface area contributed by atoms with Crippen molar-refractivity contribution in [1.29, 1.82) is 0 Å². The van der Waals surface area contributed by atoms with Crippen LogP contribution in [0.3, 0.4) is 0 Å². The van der Waals surface area contributed by atoms with Gasteiger partial charge in [0.15, 0.2) is 0 Å². The number of ether oxygens (including phenoxy) is 1. The van der Waals surface area contributed by atoms with Crippen LogP contribution in [0.1, 0.15) is 28.8 Å². The molecule has 3 heterocycles. The molecule has 0 atom stereocenters. The van der Waals surface area contributed by atoms with Crippen molar-refractivity contribution in [2.75, 3.05) is 43.4 Å². The summed E-state index contributed by atoms with van der Waals surface area (Å²) in [6, 6.07) is 12.9. The van der Waals surface area contributed by atoms with Gasteiger partial charge in [-0.2, -0.15) is 15.0 Å². The normalized spacial score (nSPS) is 14.3. The zero-order valence-electron chi connectivity index (χ0n) is 18.6. The molecule has 0 bridgehead atoms. The highest BCUT2D eigenvalue weighted by molar-refractivity contribution is 6.05. The van der Waals surface area contributed by atoms with Gasteiger partial charge in [-0.1, -0.05) is 25.1 Å². The number of aryl methyl sites for hydroxylation is 2. The zero-order valence-corrected chi connectivity index (χ0v) is 18.6. The van der Waals surface area contributed by atoms with Gasteiger partial charge in [0.25, 0.3) is 5.91 Å². The van der Waals surface area contributed by atoms with Crippen molar-refractivity contribution < 1.29 is 9.53 Å². The molecule has 0 radical (unpaired) electrons. The van der Waals surface area contributed by atoms with Crippen LogP contribution in [0.2, 0.25) is 0 Å². The second kappa shape index (κ2) is 9.69. The Labute approximate surface area is 187 Å². The predicted molar refractivity (Wildman–Crippen MR) is 122 cm³/mol. The van der Waals surface area contributed by atoms with Crippen molar-refractivity contribution in [3.8, 4) is 11.9 Å². The van der Waals surface area contributed by atoms with Crippen LogP contribution in [0.15, 0.2) is 42.5 Å². The number of para-hydroxylation sites is 1. The van der Waals surface area contributed by atoms with Gasteiger partial charge in [-0.15, -0.1) is 0 Å². The number of nitrogens with zero attached hydrogens (tertiary/aromatic N) is 6. The molecular formula is C23H27N7O2. The van der Waals surface area contributed by atoms with Crippen molar-refractivity contribution in [1.82, 2.24) is 24.8 Å². The molecule has 1 amide bonds. The molecule has 166 valence electrons. The summed E-state index contributed by atoms with van der Waals surface area (Å²) in [4.78, 5) is 35.3. The Morgan fingerprint density at radius 3 is 2.47 bits per heavy atom. The first-order valence-corrected chi connectivity index (χ1v) is 10.7. The second-order valence-corrected chi connectivity index (χ2v) is 7.71. The predicted octanol–water partition coefficient (Wildman–Crippen LogP) is 2.93. The lowest BCUT2D eigenvalue weighted by Gasteiger charge is -2.32. The third-order valence-electron chi connectivity index (χ3n) is 5.22. The van der Waals surface area contributed by atoms with Crippen molar-refractivity contribution in [3.05, 3.63) is 59.5 Å². The number of amides is 1. The van der Waals surface area contributed by atoms with Crippen LogP contribution in [0.4, 0.5) is 11.6 Å².